The third-order valence-electron chi connectivity index (χ3n) is 3.60. The van der Waals surface area contributed by atoms with Crippen LogP contribution in [-0.2, 0) is 11.2 Å². The highest BCUT2D eigenvalue weighted by Gasteiger charge is 2.30. The molecule has 0 aliphatic carbocycles. The topological polar surface area (TPSA) is 58.6 Å². The average molecular weight is 233 g/mol. The second kappa shape index (κ2) is 4.04. The Morgan fingerprint density at radius 3 is 3.12 bits per heavy atom. The fourth-order valence-corrected chi connectivity index (χ4v) is 2.60. The van der Waals surface area contributed by atoms with Crippen LogP contribution in [0.15, 0.2) is 18.2 Å². The normalized spacial score (nSPS) is 26.6. The van der Waals surface area contributed by atoms with E-state index in [1.165, 1.54) is 11.1 Å². The summed E-state index contributed by atoms with van der Waals surface area (Å²) in [6.07, 6.45) is 1.63. The van der Waals surface area contributed by atoms with Gasteiger partial charge < -0.3 is 15.2 Å². The quantitative estimate of drug-likeness (QED) is 0.809. The van der Waals surface area contributed by atoms with E-state index < -0.39 is 5.97 Å². The van der Waals surface area contributed by atoms with Crippen molar-refractivity contribution in [3.8, 4) is 5.75 Å². The molecule has 0 spiro atoms. The van der Waals surface area contributed by atoms with E-state index in [9.17, 15) is 4.79 Å². The molecule has 0 aromatic heterocycles. The zero-order valence-corrected chi connectivity index (χ0v) is 9.48. The summed E-state index contributed by atoms with van der Waals surface area (Å²) in [5.74, 6) is 0.00975. The molecule has 17 heavy (non-hydrogen) atoms. The Morgan fingerprint density at radius 1 is 1.47 bits per heavy atom. The van der Waals surface area contributed by atoms with E-state index in [0.717, 1.165) is 18.8 Å². The Hall–Kier alpha value is -1.55. The predicted molar refractivity (Wildman–Crippen MR) is 62.1 cm³/mol. The first-order valence-corrected chi connectivity index (χ1v) is 5.96. The standard InChI is InChI=1S/C13H15NO3/c15-13(16)10-6-11(14-7-10)8-1-2-12-9(5-8)3-4-17-12/h1-2,5,10-11,14H,3-4,6-7H2,(H,15,16). The number of carboxylic acid groups (broad SMARTS) is 1. The highest BCUT2D eigenvalue weighted by Crippen LogP contribution is 2.32. The molecule has 1 saturated heterocycles. The van der Waals surface area contributed by atoms with Gasteiger partial charge in [-0.25, -0.2) is 0 Å². The van der Waals surface area contributed by atoms with E-state index >= 15 is 0 Å². The van der Waals surface area contributed by atoms with Gasteiger partial charge in [-0.15, -0.1) is 0 Å². The van der Waals surface area contributed by atoms with Crippen LogP contribution in [0.3, 0.4) is 0 Å². The van der Waals surface area contributed by atoms with Gasteiger partial charge in [-0.05, 0) is 23.6 Å². The summed E-state index contributed by atoms with van der Waals surface area (Å²) < 4.78 is 5.46. The lowest BCUT2D eigenvalue weighted by atomic mass is 9.98. The molecule has 2 heterocycles. The number of carboxylic acids is 1. The van der Waals surface area contributed by atoms with Gasteiger partial charge in [-0.2, -0.15) is 0 Å². The summed E-state index contributed by atoms with van der Waals surface area (Å²) in [5.41, 5.74) is 2.42. The Morgan fingerprint density at radius 2 is 2.35 bits per heavy atom. The van der Waals surface area contributed by atoms with E-state index in [1.54, 1.807) is 0 Å². The Balaban J connectivity index is 1.79. The molecular formula is C13H15NO3. The van der Waals surface area contributed by atoms with Crippen molar-refractivity contribution in [1.82, 2.24) is 5.32 Å². The van der Waals surface area contributed by atoms with E-state index in [2.05, 4.69) is 11.4 Å². The van der Waals surface area contributed by atoms with Crippen LogP contribution in [0.4, 0.5) is 0 Å². The first-order valence-electron chi connectivity index (χ1n) is 5.96. The van der Waals surface area contributed by atoms with Crippen molar-refractivity contribution in [2.75, 3.05) is 13.2 Å². The molecule has 2 N–H and O–H groups in total. The molecule has 2 aliphatic rings. The monoisotopic (exact) mass is 233 g/mol. The Labute approximate surface area is 99.6 Å². The molecule has 2 aliphatic heterocycles. The van der Waals surface area contributed by atoms with Gasteiger partial charge in [0.2, 0.25) is 0 Å². The van der Waals surface area contributed by atoms with Crippen LogP contribution >= 0.6 is 0 Å². The molecule has 4 heteroatoms. The third-order valence-corrected chi connectivity index (χ3v) is 3.60. The van der Waals surface area contributed by atoms with Gasteiger partial charge in [0.15, 0.2) is 0 Å². The zero-order valence-electron chi connectivity index (χ0n) is 9.48. The van der Waals surface area contributed by atoms with E-state index in [-0.39, 0.29) is 12.0 Å². The predicted octanol–water partition coefficient (Wildman–Crippen LogP) is 1.36. The van der Waals surface area contributed by atoms with Crippen molar-refractivity contribution in [2.45, 2.75) is 18.9 Å². The van der Waals surface area contributed by atoms with E-state index in [1.807, 2.05) is 12.1 Å². The van der Waals surface area contributed by atoms with Crippen LogP contribution < -0.4 is 10.1 Å². The summed E-state index contributed by atoms with van der Waals surface area (Å²) >= 11 is 0. The second-order valence-electron chi connectivity index (χ2n) is 4.70. The minimum atomic E-state index is -0.704. The van der Waals surface area contributed by atoms with Crippen LogP contribution in [0, 0.1) is 5.92 Å². The molecule has 2 atom stereocenters. The maximum absolute atomic E-state index is 10.9. The molecule has 0 saturated carbocycles. The lowest BCUT2D eigenvalue weighted by Gasteiger charge is -2.11. The zero-order chi connectivity index (χ0) is 11.8. The fraction of sp³-hybridized carbons (Fsp3) is 0.462. The largest absolute Gasteiger partial charge is 0.493 e. The minimum Gasteiger partial charge on any atom is -0.493 e. The minimum absolute atomic E-state index is 0.169. The van der Waals surface area contributed by atoms with Crippen LogP contribution in [0.1, 0.15) is 23.6 Å². The van der Waals surface area contributed by atoms with Crippen molar-refractivity contribution in [1.29, 1.82) is 0 Å². The molecule has 0 amide bonds. The van der Waals surface area contributed by atoms with Crippen LogP contribution in [0.25, 0.3) is 0 Å². The molecule has 2 unspecified atom stereocenters. The van der Waals surface area contributed by atoms with Crippen LogP contribution in [0.5, 0.6) is 5.75 Å². The lowest BCUT2D eigenvalue weighted by molar-refractivity contribution is -0.141. The van der Waals surface area contributed by atoms with Gasteiger partial charge in [0.1, 0.15) is 5.75 Å². The maximum atomic E-state index is 10.9. The number of rotatable bonds is 2. The van der Waals surface area contributed by atoms with Crippen LogP contribution in [0.2, 0.25) is 0 Å². The molecular weight excluding hydrogens is 218 g/mol. The second-order valence-corrected chi connectivity index (χ2v) is 4.70. The molecule has 1 aromatic rings. The van der Waals surface area contributed by atoms with Gasteiger partial charge in [0.25, 0.3) is 0 Å². The van der Waals surface area contributed by atoms with Crippen molar-refractivity contribution in [3.05, 3.63) is 29.3 Å². The first-order chi connectivity index (χ1) is 8.24. The highest BCUT2D eigenvalue weighted by molar-refractivity contribution is 5.70. The van der Waals surface area contributed by atoms with Gasteiger partial charge in [-0.1, -0.05) is 12.1 Å². The number of hydrogen-bond acceptors (Lipinski definition) is 3. The van der Waals surface area contributed by atoms with Crippen molar-refractivity contribution in [3.63, 3.8) is 0 Å². The van der Waals surface area contributed by atoms with E-state index in [0.29, 0.717) is 13.0 Å². The molecule has 1 aromatic carbocycles. The summed E-state index contributed by atoms with van der Waals surface area (Å²) in [6.45, 7) is 1.32. The van der Waals surface area contributed by atoms with Crippen molar-refractivity contribution < 1.29 is 14.6 Å². The Bertz CT molecular complexity index is 458. The third kappa shape index (κ3) is 1.89. The first kappa shape index (κ1) is 10.6. The number of ether oxygens (including phenoxy) is 1. The molecule has 3 rings (SSSR count). The average Bonchev–Trinajstić information content (AvgIpc) is 2.97. The fourth-order valence-electron chi connectivity index (χ4n) is 2.60. The van der Waals surface area contributed by atoms with Crippen molar-refractivity contribution >= 4 is 5.97 Å². The molecule has 4 nitrogen and oxygen atoms in total. The van der Waals surface area contributed by atoms with Gasteiger partial charge in [0.05, 0.1) is 12.5 Å². The number of nitrogens with one attached hydrogen (secondary N) is 1. The van der Waals surface area contributed by atoms with Gasteiger partial charge in [-0.3, -0.25) is 4.79 Å². The van der Waals surface area contributed by atoms with E-state index in [4.69, 9.17) is 9.84 Å². The smallest absolute Gasteiger partial charge is 0.307 e. The van der Waals surface area contributed by atoms with Crippen molar-refractivity contribution in [2.24, 2.45) is 5.92 Å². The molecule has 0 radical (unpaired) electrons. The number of hydrogen-bond donors (Lipinski definition) is 2. The highest BCUT2D eigenvalue weighted by atomic mass is 16.5. The number of fused-ring (bicyclic) bond motifs is 1. The molecule has 90 valence electrons. The van der Waals surface area contributed by atoms with Crippen LogP contribution in [-0.4, -0.2) is 24.2 Å². The number of aliphatic carboxylic acids is 1. The lowest BCUT2D eigenvalue weighted by Crippen LogP contribution is -2.17. The Kier molecular flexibility index (Phi) is 2.52. The molecule has 0 bridgehead atoms. The summed E-state index contributed by atoms with van der Waals surface area (Å²) in [7, 11) is 0. The SMILES string of the molecule is O=C(O)C1CNC(c2ccc3c(c2)CCO3)C1. The summed E-state index contributed by atoms with van der Waals surface area (Å²) in [6, 6.07) is 6.34. The maximum Gasteiger partial charge on any atom is 0.307 e. The summed E-state index contributed by atoms with van der Waals surface area (Å²) in [4.78, 5) is 10.9. The van der Waals surface area contributed by atoms with Gasteiger partial charge >= 0.3 is 5.97 Å². The van der Waals surface area contributed by atoms with Gasteiger partial charge in [0, 0.05) is 19.0 Å². The number of benzene rings is 1. The molecule has 1 fully saturated rings. The summed E-state index contributed by atoms with van der Waals surface area (Å²) in [5, 5.41) is 12.2. The number of carbonyl (C=O) groups is 1.